The number of aryl methyl sites for hydroxylation is 2. The Kier molecular flexibility index (Phi) is 13.2. The third kappa shape index (κ3) is 10.9. The van der Waals surface area contributed by atoms with Gasteiger partial charge in [-0.05, 0) is 103 Å². The Morgan fingerprint density at radius 3 is 2.65 bits per heavy atom. The van der Waals surface area contributed by atoms with Crippen LogP contribution in [0.4, 0.5) is 5.69 Å². The summed E-state index contributed by atoms with van der Waals surface area (Å²) >= 11 is 0. The number of ether oxygens (including phenoxy) is 3. The van der Waals surface area contributed by atoms with Crippen LogP contribution in [0.15, 0.2) is 72.8 Å². The van der Waals surface area contributed by atoms with Crippen LogP contribution in [-0.4, -0.2) is 41.9 Å². The van der Waals surface area contributed by atoms with Crippen molar-refractivity contribution in [1.29, 1.82) is 0 Å². The molecule has 258 valence electrons. The normalized spacial score (nSPS) is 15.7. The number of benzene rings is 4. The van der Waals surface area contributed by atoms with E-state index in [0.717, 1.165) is 78.1 Å². The number of carbonyl (C=O) groups excluding carboxylic acids is 1. The van der Waals surface area contributed by atoms with Crippen LogP contribution in [0.3, 0.4) is 0 Å². The van der Waals surface area contributed by atoms with Crippen LogP contribution >= 0.6 is 0 Å². The summed E-state index contributed by atoms with van der Waals surface area (Å²) in [7, 11) is 1.62. The van der Waals surface area contributed by atoms with Gasteiger partial charge < -0.3 is 29.7 Å². The first-order valence-electron chi connectivity index (χ1n) is 17.6. The van der Waals surface area contributed by atoms with Gasteiger partial charge in [0, 0.05) is 37.1 Å². The molecule has 7 nitrogen and oxygen atoms in total. The number of hydrogen-bond donors (Lipinski definition) is 3. The van der Waals surface area contributed by atoms with Crippen molar-refractivity contribution in [3.05, 3.63) is 95.1 Å². The number of anilines is 1. The standard InChI is InChI=1S/C42H49NO6/c1-30(44)28-43-35-12-8-11-31(25-35)10-6-4-3-5-7-13-37-27-36(45)19-15-32-17-22-41(47-2)42(26-32)49-29-33-16-20-38-34(24-33)18-21-40(46)39(38)14-9-23-48-37/h8,11-12,16-18,20-22,24-26,30,37,43-44,46H,3-7,10,13-15,19,27-29H2,1-2H3. The van der Waals surface area contributed by atoms with E-state index in [0.29, 0.717) is 50.3 Å². The summed E-state index contributed by atoms with van der Waals surface area (Å²) in [5, 5.41) is 25.4. The molecule has 2 aliphatic rings. The number of phenolic OH excluding ortho intramolecular Hbond substituents is 1. The molecule has 0 fully saturated rings. The van der Waals surface area contributed by atoms with Crippen LogP contribution in [0.25, 0.3) is 10.8 Å². The highest BCUT2D eigenvalue weighted by atomic mass is 16.5. The van der Waals surface area contributed by atoms with Gasteiger partial charge >= 0.3 is 0 Å². The maximum Gasteiger partial charge on any atom is 0.161 e. The first kappa shape index (κ1) is 35.6. The van der Waals surface area contributed by atoms with Crippen LogP contribution in [-0.2, 0) is 35.4 Å². The second-order valence-corrected chi connectivity index (χ2v) is 13.1. The summed E-state index contributed by atoms with van der Waals surface area (Å²) < 4.78 is 17.8. The molecule has 6 bridgehead atoms. The average molecular weight is 664 g/mol. The molecule has 7 heteroatoms. The number of unbranched alkanes of at least 4 members (excludes halogenated alkanes) is 4. The predicted octanol–water partition coefficient (Wildman–Crippen LogP) is 8.30. The van der Waals surface area contributed by atoms with E-state index < -0.39 is 0 Å². The smallest absolute Gasteiger partial charge is 0.161 e. The number of ketones is 1. The van der Waals surface area contributed by atoms with Crippen LogP contribution in [0.5, 0.6) is 17.2 Å². The monoisotopic (exact) mass is 663 g/mol. The maximum absolute atomic E-state index is 13.2. The van der Waals surface area contributed by atoms with Crippen LogP contribution < -0.4 is 14.8 Å². The fourth-order valence-electron chi connectivity index (χ4n) is 6.28. The van der Waals surface area contributed by atoms with E-state index in [-0.39, 0.29) is 23.7 Å². The van der Waals surface area contributed by atoms with Gasteiger partial charge in [0.2, 0.25) is 0 Å². The summed E-state index contributed by atoms with van der Waals surface area (Å²) in [5.41, 5.74) is 5.11. The Hall–Kier alpha value is -4.67. The van der Waals surface area contributed by atoms with Gasteiger partial charge in [0.25, 0.3) is 0 Å². The van der Waals surface area contributed by atoms with Crippen LogP contribution in [0.1, 0.15) is 80.5 Å². The summed E-state index contributed by atoms with van der Waals surface area (Å²) in [5.74, 6) is 4.74. The summed E-state index contributed by atoms with van der Waals surface area (Å²) in [6, 6.07) is 23.9. The molecule has 0 amide bonds. The summed E-state index contributed by atoms with van der Waals surface area (Å²) in [4.78, 5) is 13.2. The number of aliphatic hydroxyl groups excluding tert-OH is 1. The Balaban J connectivity index is 1.20. The lowest BCUT2D eigenvalue weighted by molar-refractivity contribution is -0.121. The molecule has 0 aromatic heterocycles. The lowest BCUT2D eigenvalue weighted by Gasteiger charge is -2.15. The number of fused-ring (bicyclic) bond motifs is 9. The van der Waals surface area contributed by atoms with Gasteiger partial charge in [0.05, 0.1) is 13.2 Å². The second-order valence-electron chi connectivity index (χ2n) is 13.1. The van der Waals surface area contributed by atoms with Gasteiger partial charge in [0.15, 0.2) is 11.5 Å². The molecule has 0 aliphatic carbocycles. The Bertz CT molecular complexity index is 1750. The van der Waals surface area contributed by atoms with Crippen molar-refractivity contribution in [2.24, 2.45) is 0 Å². The zero-order chi connectivity index (χ0) is 34.4. The number of Topliss-reactive ketones (excluding diaryl/α,β-unsaturated/α-hetero) is 1. The van der Waals surface area contributed by atoms with E-state index in [4.69, 9.17) is 14.2 Å². The molecule has 2 aliphatic heterocycles. The minimum absolute atomic E-state index is 0.146. The Morgan fingerprint density at radius 1 is 0.959 bits per heavy atom. The molecule has 4 aromatic rings. The average Bonchev–Trinajstić information content (AvgIpc) is 3.10. The summed E-state index contributed by atoms with van der Waals surface area (Å²) in [6.45, 7) is 2.68. The quantitative estimate of drug-likeness (QED) is 0.104. The predicted molar refractivity (Wildman–Crippen MR) is 195 cm³/mol. The molecule has 6 rings (SSSR count). The van der Waals surface area contributed by atoms with Gasteiger partial charge in [-0.3, -0.25) is 4.79 Å². The lowest BCUT2D eigenvalue weighted by atomic mass is 9.99. The number of methoxy groups -OCH3 is 1. The third-order valence-electron chi connectivity index (χ3n) is 9.02. The van der Waals surface area contributed by atoms with Crippen molar-refractivity contribution >= 4 is 22.2 Å². The maximum atomic E-state index is 13.2. The Morgan fingerprint density at radius 2 is 1.80 bits per heavy atom. The van der Waals surface area contributed by atoms with Crippen LogP contribution in [0.2, 0.25) is 0 Å². The number of nitrogens with one attached hydrogen (secondary N) is 1. The molecule has 3 N–H and O–H groups in total. The third-order valence-corrected chi connectivity index (χ3v) is 9.02. The highest BCUT2D eigenvalue weighted by Gasteiger charge is 2.16. The molecule has 49 heavy (non-hydrogen) atoms. The van der Waals surface area contributed by atoms with Crippen LogP contribution in [0, 0.1) is 12.0 Å². The highest BCUT2D eigenvalue weighted by Crippen LogP contribution is 2.32. The molecule has 0 spiro atoms. The highest BCUT2D eigenvalue weighted by molar-refractivity contribution is 5.88. The van der Waals surface area contributed by atoms with Crippen molar-refractivity contribution in [3.63, 3.8) is 0 Å². The van der Waals surface area contributed by atoms with Gasteiger partial charge in [-0.15, -0.1) is 0 Å². The molecule has 2 unspecified atom stereocenters. The minimum atomic E-state index is -0.381. The zero-order valence-electron chi connectivity index (χ0n) is 28.8. The van der Waals surface area contributed by atoms with E-state index in [1.165, 1.54) is 5.56 Å². The van der Waals surface area contributed by atoms with E-state index >= 15 is 0 Å². The largest absolute Gasteiger partial charge is 0.508 e. The first-order valence-corrected chi connectivity index (χ1v) is 17.6. The molecular formula is C42H49NO6. The molecule has 2 atom stereocenters. The van der Waals surface area contributed by atoms with E-state index in [9.17, 15) is 15.0 Å². The molecule has 4 aromatic carbocycles. The molecular weight excluding hydrogens is 614 g/mol. The van der Waals surface area contributed by atoms with E-state index in [1.54, 1.807) is 20.1 Å². The SMILES string of the molecule is COc1ccc2cc1OCc1ccc3c(c(O)ccc3c1)CC#COC(CCCCCCCc1cccc(NCC(C)O)c1)CC(=O)CC2. The number of phenols is 1. The molecule has 0 saturated heterocycles. The van der Waals surface area contributed by atoms with Crippen molar-refractivity contribution < 1.29 is 29.2 Å². The van der Waals surface area contributed by atoms with E-state index in [1.807, 2.05) is 42.5 Å². The number of carbonyl (C=O) groups is 1. The van der Waals surface area contributed by atoms with Gasteiger partial charge in [0.1, 0.15) is 30.4 Å². The van der Waals surface area contributed by atoms with Gasteiger partial charge in [-0.1, -0.05) is 61.6 Å². The Labute approximate surface area is 290 Å². The van der Waals surface area contributed by atoms with Crippen molar-refractivity contribution in [3.8, 4) is 29.3 Å². The van der Waals surface area contributed by atoms with Gasteiger partial charge in [-0.25, -0.2) is 0 Å². The topological polar surface area (TPSA) is 97.2 Å². The number of rotatable bonds is 12. The minimum Gasteiger partial charge on any atom is -0.508 e. The lowest BCUT2D eigenvalue weighted by Crippen LogP contribution is -2.16. The van der Waals surface area contributed by atoms with Crippen molar-refractivity contribution in [1.82, 2.24) is 0 Å². The molecule has 0 saturated carbocycles. The fourth-order valence-corrected chi connectivity index (χ4v) is 6.28. The number of aliphatic hydroxyl groups is 1. The fraction of sp³-hybridized carbons (Fsp3) is 0.405. The molecule has 0 radical (unpaired) electrons. The zero-order valence-corrected chi connectivity index (χ0v) is 28.8. The number of aromatic hydroxyl groups is 1. The molecule has 2 heterocycles. The number of hydrogen-bond acceptors (Lipinski definition) is 7. The first-order chi connectivity index (χ1) is 23.9. The van der Waals surface area contributed by atoms with Crippen molar-refractivity contribution in [2.45, 2.75) is 96.4 Å². The summed E-state index contributed by atoms with van der Waals surface area (Å²) in [6.07, 6.45) is 11.1. The second kappa shape index (κ2) is 18.2. The van der Waals surface area contributed by atoms with E-state index in [2.05, 4.69) is 41.6 Å². The van der Waals surface area contributed by atoms with Crippen molar-refractivity contribution in [2.75, 3.05) is 19.0 Å². The van der Waals surface area contributed by atoms with Gasteiger partial charge in [-0.2, -0.15) is 0 Å².